The summed E-state index contributed by atoms with van der Waals surface area (Å²) in [5.41, 5.74) is 7.67. The molecular formula is C19H26N2O4. The van der Waals surface area contributed by atoms with Crippen molar-refractivity contribution in [3.8, 4) is 0 Å². The minimum absolute atomic E-state index is 0.0537. The average Bonchev–Trinajstić information content (AvgIpc) is 2.65. The van der Waals surface area contributed by atoms with Gasteiger partial charge in [-0.05, 0) is 37.3 Å². The first kappa shape index (κ1) is 17.9. The lowest BCUT2D eigenvalue weighted by Crippen LogP contribution is -2.54. The van der Waals surface area contributed by atoms with Gasteiger partial charge in [-0.3, -0.25) is 9.59 Å². The molecule has 136 valence electrons. The van der Waals surface area contributed by atoms with Crippen molar-refractivity contribution in [3.05, 3.63) is 35.4 Å². The fourth-order valence-corrected chi connectivity index (χ4v) is 3.50. The van der Waals surface area contributed by atoms with Gasteiger partial charge in [0.15, 0.2) is 0 Å². The molecule has 0 aliphatic carbocycles. The molecule has 3 rings (SSSR count). The molecule has 1 fully saturated rings. The molecule has 0 saturated carbocycles. The van der Waals surface area contributed by atoms with Crippen LogP contribution in [0.1, 0.15) is 37.3 Å². The lowest BCUT2D eigenvalue weighted by molar-refractivity contribution is -0.152. The second-order valence-electron chi connectivity index (χ2n) is 6.82. The zero-order valence-corrected chi connectivity index (χ0v) is 14.6. The quantitative estimate of drug-likeness (QED) is 0.874. The Kier molecular flexibility index (Phi) is 5.71. The molecule has 2 heterocycles. The van der Waals surface area contributed by atoms with E-state index in [0.717, 1.165) is 37.0 Å². The van der Waals surface area contributed by atoms with Crippen molar-refractivity contribution in [2.24, 2.45) is 5.73 Å². The van der Waals surface area contributed by atoms with E-state index in [1.54, 1.807) is 11.8 Å². The number of primary amides is 1. The monoisotopic (exact) mass is 346 g/mol. The summed E-state index contributed by atoms with van der Waals surface area (Å²) < 4.78 is 11.4. The van der Waals surface area contributed by atoms with Gasteiger partial charge in [0.25, 0.3) is 5.91 Å². The fourth-order valence-electron chi connectivity index (χ4n) is 3.50. The number of hydrogen-bond donors (Lipinski definition) is 1. The van der Waals surface area contributed by atoms with E-state index in [0.29, 0.717) is 19.6 Å². The highest BCUT2D eigenvalue weighted by Gasteiger charge is 2.35. The lowest BCUT2D eigenvalue weighted by atomic mass is 9.93. The number of benzene rings is 1. The third-order valence-electron chi connectivity index (χ3n) is 5.01. The normalized spacial score (nSPS) is 24.4. The molecule has 1 saturated heterocycles. The van der Waals surface area contributed by atoms with E-state index in [4.69, 9.17) is 15.2 Å². The van der Waals surface area contributed by atoms with E-state index < -0.39 is 18.1 Å². The first-order chi connectivity index (χ1) is 12.1. The Bertz CT molecular complexity index is 628. The van der Waals surface area contributed by atoms with Gasteiger partial charge < -0.3 is 20.1 Å². The first-order valence-electron chi connectivity index (χ1n) is 8.96. The smallest absolute Gasteiger partial charge is 0.252 e. The van der Waals surface area contributed by atoms with Crippen LogP contribution >= 0.6 is 0 Å². The van der Waals surface area contributed by atoms with E-state index in [1.807, 2.05) is 24.3 Å². The van der Waals surface area contributed by atoms with Crippen LogP contribution in [-0.4, -0.2) is 48.2 Å². The number of ether oxygens (including phenoxy) is 2. The topological polar surface area (TPSA) is 81.9 Å². The Morgan fingerprint density at radius 3 is 2.76 bits per heavy atom. The molecule has 2 amide bonds. The van der Waals surface area contributed by atoms with E-state index >= 15 is 0 Å². The Morgan fingerprint density at radius 1 is 1.32 bits per heavy atom. The third-order valence-corrected chi connectivity index (χ3v) is 5.01. The van der Waals surface area contributed by atoms with E-state index in [2.05, 4.69) is 0 Å². The van der Waals surface area contributed by atoms with Crippen molar-refractivity contribution in [3.63, 3.8) is 0 Å². The second kappa shape index (κ2) is 7.97. The standard InChI is InChI=1S/C19H26N2O4/c1-13(25-12-16-8-4-5-9-24-16)19(23)21-11-15-7-3-2-6-14(15)10-17(21)18(20)22/h2-3,6-7,13,16-17H,4-5,8-12H2,1H3,(H2,20,22)/t13-,16+,17+/m1/s1. The summed E-state index contributed by atoms with van der Waals surface area (Å²) in [5, 5.41) is 0. The van der Waals surface area contributed by atoms with Gasteiger partial charge in [-0.2, -0.15) is 0 Å². The molecule has 0 bridgehead atoms. The Labute approximate surface area is 148 Å². The SMILES string of the molecule is C[C@@H](OC[C@@H]1CCCCO1)C(=O)N1Cc2ccccc2C[C@H]1C(N)=O. The van der Waals surface area contributed by atoms with Crippen LogP contribution in [0.3, 0.4) is 0 Å². The molecule has 6 nitrogen and oxygen atoms in total. The van der Waals surface area contributed by atoms with Gasteiger partial charge >= 0.3 is 0 Å². The molecule has 0 spiro atoms. The largest absolute Gasteiger partial charge is 0.376 e. The highest BCUT2D eigenvalue weighted by Crippen LogP contribution is 2.24. The summed E-state index contributed by atoms with van der Waals surface area (Å²) in [6.07, 6.45) is 3.05. The highest BCUT2D eigenvalue weighted by atomic mass is 16.5. The maximum atomic E-state index is 12.8. The van der Waals surface area contributed by atoms with Crippen molar-refractivity contribution in [1.29, 1.82) is 0 Å². The van der Waals surface area contributed by atoms with Crippen LogP contribution in [0.2, 0.25) is 0 Å². The lowest BCUT2D eigenvalue weighted by Gasteiger charge is -2.36. The Balaban J connectivity index is 1.65. The van der Waals surface area contributed by atoms with Gasteiger partial charge in [0.2, 0.25) is 5.91 Å². The summed E-state index contributed by atoms with van der Waals surface area (Å²) in [6.45, 7) is 3.27. The second-order valence-corrected chi connectivity index (χ2v) is 6.82. The van der Waals surface area contributed by atoms with Crippen LogP contribution in [-0.2, 0) is 32.0 Å². The van der Waals surface area contributed by atoms with Gasteiger partial charge in [-0.15, -0.1) is 0 Å². The minimum Gasteiger partial charge on any atom is -0.376 e. The third kappa shape index (κ3) is 4.19. The molecule has 0 unspecified atom stereocenters. The zero-order chi connectivity index (χ0) is 17.8. The summed E-state index contributed by atoms with van der Waals surface area (Å²) in [7, 11) is 0. The summed E-state index contributed by atoms with van der Waals surface area (Å²) in [6, 6.07) is 7.21. The maximum Gasteiger partial charge on any atom is 0.252 e. The maximum absolute atomic E-state index is 12.8. The molecule has 1 aromatic rings. The number of fused-ring (bicyclic) bond motifs is 1. The van der Waals surface area contributed by atoms with E-state index in [9.17, 15) is 9.59 Å². The van der Waals surface area contributed by atoms with Gasteiger partial charge in [0.05, 0.1) is 12.7 Å². The van der Waals surface area contributed by atoms with Crippen LogP contribution in [0.5, 0.6) is 0 Å². The van der Waals surface area contributed by atoms with Crippen LogP contribution in [0.4, 0.5) is 0 Å². The van der Waals surface area contributed by atoms with E-state index in [-0.39, 0.29) is 12.0 Å². The summed E-state index contributed by atoms with van der Waals surface area (Å²) >= 11 is 0. The van der Waals surface area contributed by atoms with Crippen molar-refractivity contribution < 1.29 is 19.1 Å². The van der Waals surface area contributed by atoms with Gasteiger partial charge in [-0.1, -0.05) is 24.3 Å². The molecule has 0 aromatic heterocycles. The van der Waals surface area contributed by atoms with E-state index in [1.165, 1.54) is 0 Å². The first-order valence-corrected chi connectivity index (χ1v) is 8.96. The molecule has 0 radical (unpaired) electrons. The molecule has 2 aliphatic rings. The molecular weight excluding hydrogens is 320 g/mol. The zero-order valence-electron chi connectivity index (χ0n) is 14.6. The predicted octanol–water partition coefficient (Wildman–Crippen LogP) is 1.40. The minimum atomic E-state index is -0.627. The number of rotatable bonds is 5. The van der Waals surface area contributed by atoms with Crippen molar-refractivity contribution in [1.82, 2.24) is 4.90 Å². The molecule has 25 heavy (non-hydrogen) atoms. The van der Waals surface area contributed by atoms with Crippen LogP contribution in [0.25, 0.3) is 0 Å². The van der Waals surface area contributed by atoms with Crippen molar-refractivity contribution in [2.75, 3.05) is 13.2 Å². The van der Waals surface area contributed by atoms with Crippen LogP contribution < -0.4 is 5.73 Å². The molecule has 1 aromatic carbocycles. The number of amides is 2. The number of nitrogens with zero attached hydrogens (tertiary/aromatic N) is 1. The molecule has 2 aliphatic heterocycles. The molecule has 3 atom stereocenters. The van der Waals surface area contributed by atoms with Crippen molar-refractivity contribution in [2.45, 2.75) is 57.4 Å². The number of hydrogen-bond acceptors (Lipinski definition) is 4. The highest BCUT2D eigenvalue weighted by molar-refractivity contribution is 5.89. The number of carbonyl (C=O) groups excluding carboxylic acids is 2. The summed E-state index contributed by atoms with van der Waals surface area (Å²) in [4.78, 5) is 26.3. The average molecular weight is 346 g/mol. The molecule has 2 N–H and O–H groups in total. The van der Waals surface area contributed by atoms with Crippen LogP contribution in [0, 0.1) is 0 Å². The van der Waals surface area contributed by atoms with Gasteiger partial charge in [0, 0.05) is 19.6 Å². The number of carbonyl (C=O) groups is 2. The Morgan fingerprint density at radius 2 is 2.08 bits per heavy atom. The van der Waals surface area contributed by atoms with Gasteiger partial charge in [-0.25, -0.2) is 0 Å². The fraction of sp³-hybridized carbons (Fsp3) is 0.579. The number of nitrogens with two attached hydrogens (primary N) is 1. The molecule has 6 heteroatoms. The summed E-state index contributed by atoms with van der Waals surface area (Å²) in [5.74, 6) is -0.681. The Hall–Kier alpha value is -1.92. The van der Waals surface area contributed by atoms with Gasteiger partial charge in [0.1, 0.15) is 12.1 Å². The van der Waals surface area contributed by atoms with Crippen LogP contribution in [0.15, 0.2) is 24.3 Å². The predicted molar refractivity (Wildman–Crippen MR) is 92.7 cm³/mol. The van der Waals surface area contributed by atoms with Crippen molar-refractivity contribution >= 4 is 11.8 Å².